The van der Waals surface area contributed by atoms with Crippen LogP contribution in [0.2, 0.25) is 0 Å². The van der Waals surface area contributed by atoms with Crippen LogP contribution in [0, 0.1) is 5.92 Å². The minimum absolute atomic E-state index is 0.207. The third kappa shape index (κ3) is 2.40. The van der Waals surface area contributed by atoms with Gasteiger partial charge in [-0.1, -0.05) is 31.6 Å². The fourth-order valence-electron chi connectivity index (χ4n) is 4.22. The number of likely N-dealkylation sites (tertiary alicyclic amines) is 1. The van der Waals surface area contributed by atoms with Crippen molar-refractivity contribution in [3.8, 4) is 5.75 Å². The highest BCUT2D eigenvalue weighted by Crippen LogP contribution is 2.49. The van der Waals surface area contributed by atoms with E-state index in [0.717, 1.165) is 19.5 Å². The van der Waals surface area contributed by atoms with Crippen molar-refractivity contribution < 1.29 is 5.11 Å². The second kappa shape index (κ2) is 5.17. The van der Waals surface area contributed by atoms with Crippen LogP contribution in [-0.2, 0) is 11.8 Å². The SMILES string of the molecule is CC(C)=CCN1CC[C@@]2(C)c3cc(O)ccc3CC1[C@@H]2C. The van der Waals surface area contributed by atoms with Gasteiger partial charge in [0.05, 0.1) is 0 Å². The van der Waals surface area contributed by atoms with Crippen molar-refractivity contribution in [2.45, 2.75) is 52.0 Å². The quantitative estimate of drug-likeness (QED) is 0.834. The molecule has 0 spiro atoms. The molecule has 2 nitrogen and oxygen atoms in total. The number of piperidine rings is 1. The first-order valence-electron chi connectivity index (χ1n) is 8.11. The van der Waals surface area contributed by atoms with Gasteiger partial charge in [-0.25, -0.2) is 0 Å². The zero-order valence-electron chi connectivity index (χ0n) is 13.7. The van der Waals surface area contributed by atoms with Crippen LogP contribution in [0.4, 0.5) is 0 Å². The molecular weight excluding hydrogens is 258 g/mol. The van der Waals surface area contributed by atoms with Crippen LogP contribution in [0.1, 0.15) is 45.2 Å². The van der Waals surface area contributed by atoms with Gasteiger partial charge >= 0.3 is 0 Å². The largest absolute Gasteiger partial charge is 0.508 e. The Bertz CT molecular complexity index is 573. The van der Waals surface area contributed by atoms with Gasteiger partial charge in [0.2, 0.25) is 0 Å². The van der Waals surface area contributed by atoms with E-state index in [4.69, 9.17) is 0 Å². The van der Waals surface area contributed by atoms with E-state index in [1.807, 2.05) is 12.1 Å². The molecule has 1 N–H and O–H groups in total. The molecule has 2 bridgehead atoms. The standard InChI is InChI=1S/C19H27NO/c1-13(2)7-9-20-10-8-19(4)14(3)18(20)11-15-5-6-16(21)12-17(15)19/h5-7,12,14,18,21H,8-11H2,1-4H3/t14-,18?,19+/m0/s1. The Morgan fingerprint density at radius 3 is 2.90 bits per heavy atom. The van der Waals surface area contributed by atoms with Gasteiger partial charge in [-0.3, -0.25) is 4.90 Å². The molecule has 1 heterocycles. The normalized spacial score (nSPS) is 31.6. The van der Waals surface area contributed by atoms with Gasteiger partial charge in [-0.15, -0.1) is 0 Å². The summed E-state index contributed by atoms with van der Waals surface area (Å²) in [5, 5.41) is 9.87. The Labute approximate surface area is 128 Å². The van der Waals surface area contributed by atoms with Gasteiger partial charge < -0.3 is 5.11 Å². The van der Waals surface area contributed by atoms with Crippen molar-refractivity contribution in [3.05, 3.63) is 41.0 Å². The van der Waals surface area contributed by atoms with Crippen molar-refractivity contribution in [3.63, 3.8) is 0 Å². The van der Waals surface area contributed by atoms with E-state index in [1.165, 1.54) is 23.1 Å². The first kappa shape index (κ1) is 14.6. The van der Waals surface area contributed by atoms with Crippen molar-refractivity contribution in [2.75, 3.05) is 13.1 Å². The summed E-state index contributed by atoms with van der Waals surface area (Å²) >= 11 is 0. The smallest absolute Gasteiger partial charge is 0.115 e. The molecule has 1 aliphatic heterocycles. The molecule has 1 aromatic carbocycles. The number of allylic oxidation sites excluding steroid dienone is 1. The Morgan fingerprint density at radius 2 is 2.19 bits per heavy atom. The van der Waals surface area contributed by atoms with E-state index >= 15 is 0 Å². The zero-order valence-corrected chi connectivity index (χ0v) is 13.7. The number of benzene rings is 1. The molecule has 3 atom stereocenters. The molecule has 1 aromatic rings. The molecule has 21 heavy (non-hydrogen) atoms. The van der Waals surface area contributed by atoms with Crippen LogP contribution < -0.4 is 0 Å². The van der Waals surface area contributed by atoms with Gasteiger partial charge in [0.15, 0.2) is 0 Å². The minimum atomic E-state index is 0.207. The third-order valence-electron chi connectivity index (χ3n) is 5.84. The average Bonchev–Trinajstić information content (AvgIpc) is 2.43. The predicted octanol–water partition coefficient (Wildman–Crippen LogP) is 3.88. The summed E-state index contributed by atoms with van der Waals surface area (Å²) in [5.74, 6) is 1.04. The first-order valence-corrected chi connectivity index (χ1v) is 8.11. The number of hydrogen-bond donors (Lipinski definition) is 1. The molecule has 3 rings (SSSR count). The van der Waals surface area contributed by atoms with E-state index < -0.39 is 0 Å². The Kier molecular flexibility index (Phi) is 3.61. The van der Waals surface area contributed by atoms with Crippen molar-refractivity contribution >= 4 is 0 Å². The number of hydrogen-bond acceptors (Lipinski definition) is 2. The maximum absolute atomic E-state index is 9.87. The van der Waals surface area contributed by atoms with E-state index in [1.54, 1.807) is 0 Å². The average molecular weight is 285 g/mol. The van der Waals surface area contributed by atoms with Crippen molar-refractivity contribution in [2.24, 2.45) is 5.92 Å². The van der Waals surface area contributed by atoms with Gasteiger partial charge in [-0.05, 0) is 67.8 Å². The van der Waals surface area contributed by atoms with E-state index in [0.29, 0.717) is 17.7 Å². The summed E-state index contributed by atoms with van der Waals surface area (Å²) in [6, 6.07) is 6.60. The molecule has 0 saturated carbocycles. The molecule has 0 amide bonds. The Balaban J connectivity index is 1.96. The van der Waals surface area contributed by atoms with Crippen LogP contribution in [0.5, 0.6) is 5.75 Å². The van der Waals surface area contributed by atoms with Crippen molar-refractivity contribution in [1.82, 2.24) is 4.90 Å². The lowest BCUT2D eigenvalue weighted by atomic mass is 9.59. The lowest BCUT2D eigenvalue weighted by Gasteiger charge is -2.54. The number of fused-ring (bicyclic) bond motifs is 4. The predicted molar refractivity (Wildman–Crippen MR) is 87.7 cm³/mol. The molecular formula is C19H27NO. The highest BCUT2D eigenvalue weighted by Gasteiger charge is 2.48. The third-order valence-corrected chi connectivity index (χ3v) is 5.84. The van der Waals surface area contributed by atoms with E-state index in [-0.39, 0.29) is 5.41 Å². The first-order chi connectivity index (χ1) is 9.91. The fourth-order valence-corrected chi connectivity index (χ4v) is 4.22. The molecule has 1 fully saturated rings. The van der Waals surface area contributed by atoms with Crippen molar-refractivity contribution in [1.29, 1.82) is 0 Å². The molecule has 1 aliphatic carbocycles. The van der Waals surface area contributed by atoms with Gasteiger partial charge in [0, 0.05) is 12.6 Å². The van der Waals surface area contributed by atoms with Gasteiger partial charge in [0.1, 0.15) is 5.75 Å². The maximum Gasteiger partial charge on any atom is 0.115 e. The van der Waals surface area contributed by atoms with Crippen LogP contribution in [-0.4, -0.2) is 29.1 Å². The second-order valence-electron chi connectivity index (χ2n) is 7.35. The molecule has 2 heteroatoms. The Morgan fingerprint density at radius 1 is 1.43 bits per heavy atom. The second-order valence-corrected chi connectivity index (χ2v) is 7.35. The molecule has 2 aliphatic rings. The minimum Gasteiger partial charge on any atom is -0.508 e. The number of rotatable bonds is 2. The van der Waals surface area contributed by atoms with Gasteiger partial charge in [-0.2, -0.15) is 0 Å². The molecule has 0 radical (unpaired) electrons. The zero-order chi connectivity index (χ0) is 15.2. The molecule has 0 aromatic heterocycles. The number of phenols is 1. The number of nitrogens with zero attached hydrogens (tertiary/aromatic N) is 1. The van der Waals surface area contributed by atoms with Gasteiger partial charge in [0.25, 0.3) is 0 Å². The topological polar surface area (TPSA) is 23.5 Å². The summed E-state index contributed by atoms with van der Waals surface area (Å²) in [7, 11) is 0. The monoisotopic (exact) mass is 285 g/mol. The van der Waals surface area contributed by atoms with Crippen LogP contribution in [0.25, 0.3) is 0 Å². The highest BCUT2D eigenvalue weighted by atomic mass is 16.3. The number of aromatic hydroxyl groups is 1. The summed E-state index contributed by atoms with van der Waals surface area (Å²) < 4.78 is 0. The van der Waals surface area contributed by atoms with Crippen LogP contribution in [0.3, 0.4) is 0 Å². The summed E-state index contributed by atoms with van der Waals surface area (Å²) in [6.07, 6.45) is 4.64. The summed E-state index contributed by atoms with van der Waals surface area (Å²) in [6.45, 7) is 11.4. The van der Waals surface area contributed by atoms with E-state index in [2.05, 4.69) is 44.7 Å². The summed E-state index contributed by atoms with van der Waals surface area (Å²) in [5.41, 5.74) is 4.42. The maximum atomic E-state index is 9.87. The number of phenolic OH excluding ortho intramolecular Hbond substituents is 1. The lowest BCUT2D eigenvalue weighted by Crippen LogP contribution is -2.57. The highest BCUT2D eigenvalue weighted by molar-refractivity contribution is 5.44. The lowest BCUT2D eigenvalue weighted by molar-refractivity contribution is 0.0397. The van der Waals surface area contributed by atoms with Crippen LogP contribution >= 0.6 is 0 Å². The fraction of sp³-hybridized carbons (Fsp3) is 0.579. The Hall–Kier alpha value is -1.28. The molecule has 1 unspecified atom stereocenters. The van der Waals surface area contributed by atoms with Crippen LogP contribution in [0.15, 0.2) is 29.8 Å². The molecule has 1 saturated heterocycles. The summed E-state index contributed by atoms with van der Waals surface area (Å²) in [4.78, 5) is 2.65. The van der Waals surface area contributed by atoms with E-state index in [9.17, 15) is 5.11 Å². The molecule has 114 valence electrons.